The Morgan fingerprint density at radius 3 is 2.86 bits per heavy atom. The van der Waals surface area contributed by atoms with E-state index in [0.717, 1.165) is 5.56 Å². The van der Waals surface area contributed by atoms with Crippen LogP contribution in [0.4, 0.5) is 10.1 Å². The van der Waals surface area contributed by atoms with E-state index >= 15 is 0 Å². The summed E-state index contributed by atoms with van der Waals surface area (Å²) in [6.45, 7) is 2.17. The lowest BCUT2D eigenvalue weighted by molar-refractivity contribution is 0.117. The highest BCUT2D eigenvalue weighted by atomic mass is 35.5. The van der Waals surface area contributed by atoms with Crippen LogP contribution >= 0.6 is 11.6 Å². The molecule has 112 valence electrons. The van der Waals surface area contributed by atoms with Crippen LogP contribution in [-0.4, -0.2) is 24.4 Å². The van der Waals surface area contributed by atoms with Gasteiger partial charge in [-0.1, -0.05) is 23.7 Å². The Hall–Kier alpha value is -1.78. The summed E-state index contributed by atoms with van der Waals surface area (Å²) in [4.78, 5) is 0. The lowest BCUT2D eigenvalue weighted by Crippen LogP contribution is -2.26. The molecule has 0 amide bonds. The first-order valence-corrected chi connectivity index (χ1v) is 6.99. The van der Waals surface area contributed by atoms with Gasteiger partial charge in [0.1, 0.15) is 24.3 Å². The van der Waals surface area contributed by atoms with Gasteiger partial charge in [-0.15, -0.1) is 0 Å². The lowest BCUT2D eigenvalue weighted by Gasteiger charge is -2.15. The van der Waals surface area contributed by atoms with Crippen LogP contribution in [0.3, 0.4) is 0 Å². The van der Waals surface area contributed by atoms with E-state index in [1.54, 1.807) is 36.4 Å². The fourth-order valence-electron chi connectivity index (χ4n) is 1.81. The average Bonchev–Trinajstić information content (AvgIpc) is 2.46. The molecule has 2 N–H and O–H groups in total. The molecule has 0 aliphatic rings. The number of aliphatic hydroxyl groups excluding tert-OH is 1. The second-order valence-corrected chi connectivity index (χ2v) is 5.22. The van der Waals surface area contributed by atoms with Gasteiger partial charge in [0.2, 0.25) is 0 Å². The molecule has 0 aliphatic heterocycles. The molecular formula is C16H17ClFNO2. The van der Waals surface area contributed by atoms with Crippen LogP contribution in [0.5, 0.6) is 5.75 Å². The van der Waals surface area contributed by atoms with Gasteiger partial charge in [-0.2, -0.15) is 0 Å². The van der Waals surface area contributed by atoms with Crippen molar-refractivity contribution in [1.82, 2.24) is 0 Å². The van der Waals surface area contributed by atoms with Gasteiger partial charge in [0, 0.05) is 11.6 Å². The van der Waals surface area contributed by atoms with Crippen molar-refractivity contribution in [2.75, 3.05) is 18.5 Å². The number of anilines is 1. The van der Waals surface area contributed by atoms with Gasteiger partial charge in [0.05, 0.1) is 5.69 Å². The SMILES string of the molecule is Cc1ccc(F)c(NCC(O)COc2cccc(Cl)c2)c1. The molecule has 0 aliphatic carbocycles. The van der Waals surface area contributed by atoms with E-state index in [0.29, 0.717) is 16.5 Å². The van der Waals surface area contributed by atoms with Crippen molar-refractivity contribution in [3.8, 4) is 5.75 Å². The second-order valence-electron chi connectivity index (χ2n) is 4.79. The van der Waals surface area contributed by atoms with Gasteiger partial charge in [-0.05, 0) is 42.8 Å². The van der Waals surface area contributed by atoms with Crippen molar-refractivity contribution in [1.29, 1.82) is 0 Å². The molecule has 0 fully saturated rings. The molecule has 0 radical (unpaired) electrons. The Balaban J connectivity index is 1.82. The molecule has 1 atom stereocenters. The minimum atomic E-state index is -0.760. The maximum atomic E-state index is 13.5. The molecule has 21 heavy (non-hydrogen) atoms. The molecule has 0 aromatic heterocycles. The van der Waals surface area contributed by atoms with Crippen LogP contribution in [0.1, 0.15) is 5.56 Å². The van der Waals surface area contributed by atoms with Gasteiger partial charge >= 0.3 is 0 Å². The standard InChI is InChI=1S/C16H17ClFNO2/c1-11-5-6-15(18)16(7-11)19-9-13(20)10-21-14-4-2-3-12(17)8-14/h2-8,13,19-20H,9-10H2,1H3. The molecule has 1 unspecified atom stereocenters. The maximum Gasteiger partial charge on any atom is 0.146 e. The van der Waals surface area contributed by atoms with Crippen molar-refractivity contribution >= 4 is 17.3 Å². The van der Waals surface area contributed by atoms with Crippen LogP contribution < -0.4 is 10.1 Å². The molecule has 2 aromatic rings. The molecule has 0 saturated heterocycles. The number of nitrogens with one attached hydrogen (secondary N) is 1. The predicted molar refractivity (Wildman–Crippen MR) is 82.6 cm³/mol. The number of ether oxygens (including phenoxy) is 1. The van der Waals surface area contributed by atoms with Gasteiger partial charge in [0.15, 0.2) is 0 Å². The number of benzene rings is 2. The van der Waals surface area contributed by atoms with Crippen molar-refractivity contribution < 1.29 is 14.2 Å². The Bertz CT molecular complexity index is 607. The van der Waals surface area contributed by atoms with Gasteiger partial charge in [0.25, 0.3) is 0 Å². The summed E-state index contributed by atoms with van der Waals surface area (Å²) in [5, 5.41) is 13.3. The van der Waals surface area contributed by atoms with Crippen LogP contribution in [0.15, 0.2) is 42.5 Å². The van der Waals surface area contributed by atoms with Crippen molar-refractivity contribution in [3.63, 3.8) is 0 Å². The zero-order valence-corrected chi connectivity index (χ0v) is 12.4. The zero-order chi connectivity index (χ0) is 15.2. The Morgan fingerprint density at radius 1 is 1.29 bits per heavy atom. The quantitative estimate of drug-likeness (QED) is 0.856. The van der Waals surface area contributed by atoms with Gasteiger partial charge < -0.3 is 15.2 Å². The Labute approximate surface area is 128 Å². The van der Waals surface area contributed by atoms with Crippen LogP contribution in [0.25, 0.3) is 0 Å². The molecule has 0 heterocycles. The largest absolute Gasteiger partial charge is 0.491 e. The number of hydrogen-bond acceptors (Lipinski definition) is 3. The van der Waals surface area contributed by atoms with E-state index in [4.69, 9.17) is 16.3 Å². The van der Waals surface area contributed by atoms with E-state index in [1.807, 2.05) is 6.92 Å². The highest BCUT2D eigenvalue weighted by Gasteiger charge is 2.08. The first-order valence-electron chi connectivity index (χ1n) is 6.61. The highest BCUT2D eigenvalue weighted by molar-refractivity contribution is 6.30. The third kappa shape index (κ3) is 4.92. The predicted octanol–water partition coefficient (Wildman–Crippen LogP) is 3.64. The number of aliphatic hydroxyl groups is 1. The summed E-state index contributed by atoms with van der Waals surface area (Å²) in [7, 11) is 0. The summed E-state index contributed by atoms with van der Waals surface area (Å²) < 4.78 is 18.9. The summed E-state index contributed by atoms with van der Waals surface area (Å²) >= 11 is 5.84. The fraction of sp³-hybridized carbons (Fsp3) is 0.250. The van der Waals surface area contributed by atoms with Crippen LogP contribution in [0.2, 0.25) is 5.02 Å². The van der Waals surface area contributed by atoms with E-state index in [9.17, 15) is 9.50 Å². The fourth-order valence-corrected chi connectivity index (χ4v) is 1.99. The number of halogens is 2. The zero-order valence-electron chi connectivity index (χ0n) is 11.6. The van der Waals surface area contributed by atoms with E-state index in [1.165, 1.54) is 6.07 Å². The van der Waals surface area contributed by atoms with Crippen molar-refractivity contribution in [3.05, 3.63) is 58.9 Å². The Morgan fingerprint density at radius 2 is 2.10 bits per heavy atom. The van der Waals surface area contributed by atoms with E-state index < -0.39 is 6.10 Å². The first kappa shape index (κ1) is 15.6. The molecule has 2 aromatic carbocycles. The molecule has 0 bridgehead atoms. The molecule has 0 spiro atoms. The van der Waals surface area contributed by atoms with Crippen molar-refractivity contribution in [2.45, 2.75) is 13.0 Å². The molecule has 2 rings (SSSR count). The molecule has 3 nitrogen and oxygen atoms in total. The topological polar surface area (TPSA) is 41.5 Å². The van der Waals surface area contributed by atoms with Gasteiger partial charge in [-0.25, -0.2) is 4.39 Å². The number of rotatable bonds is 6. The average molecular weight is 310 g/mol. The summed E-state index contributed by atoms with van der Waals surface area (Å²) in [5.74, 6) is 0.242. The third-order valence-electron chi connectivity index (χ3n) is 2.89. The summed E-state index contributed by atoms with van der Waals surface area (Å²) in [6, 6.07) is 11.7. The van der Waals surface area contributed by atoms with Crippen molar-refractivity contribution in [2.24, 2.45) is 0 Å². The number of aryl methyl sites for hydroxylation is 1. The van der Waals surface area contributed by atoms with Gasteiger partial charge in [-0.3, -0.25) is 0 Å². The normalized spacial score (nSPS) is 12.0. The first-order chi connectivity index (χ1) is 10.0. The van der Waals surface area contributed by atoms with E-state index in [-0.39, 0.29) is 19.0 Å². The summed E-state index contributed by atoms with van der Waals surface area (Å²) in [6.07, 6.45) is -0.760. The molecule has 0 saturated carbocycles. The lowest BCUT2D eigenvalue weighted by atomic mass is 10.2. The highest BCUT2D eigenvalue weighted by Crippen LogP contribution is 2.18. The second kappa shape index (κ2) is 7.29. The van der Waals surface area contributed by atoms with E-state index in [2.05, 4.69) is 5.32 Å². The minimum absolute atomic E-state index is 0.0980. The monoisotopic (exact) mass is 309 g/mol. The molecule has 5 heteroatoms. The van der Waals surface area contributed by atoms with Crippen LogP contribution in [-0.2, 0) is 0 Å². The minimum Gasteiger partial charge on any atom is -0.491 e. The third-order valence-corrected chi connectivity index (χ3v) is 3.12. The smallest absolute Gasteiger partial charge is 0.146 e. The summed E-state index contributed by atoms with van der Waals surface area (Å²) in [5.41, 5.74) is 1.32. The molecular weight excluding hydrogens is 293 g/mol. The maximum absolute atomic E-state index is 13.5. The van der Waals surface area contributed by atoms with Crippen LogP contribution in [0, 0.1) is 12.7 Å². The Kier molecular flexibility index (Phi) is 5.42. The number of hydrogen-bond donors (Lipinski definition) is 2.